The van der Waals surface area contributed by atoms with Crippen molar-refractivity contribution in [2.45, 2.75) is 26.2 Å². The maximum atomic E-state index is 12.7. The van der Waals surface area contributed by atoms with Crippen LogP contribution in [0.15, 0.2) is 71.3 Å². The number of hydrogen-bond donors (Lipinski definition) is 1. The summed E-state index contributed by atoms with van der Waals surface area (Å²) >= 11 is 0. The molecule has 0 radical (unpaired) electrons. The largest absolute Gasteiger partial charge is 0.493 e. The van der Waals surface area contributed by atoms with Crippen LogP contribution in [-0.4, -0.2) is 41.4 Å². The van der Waals surface area contributed by atoms with E-state index in [1.54, 1.807) is 19.4 Å². The predicted molar refractivity (Wildman–Crippen MR) is 133 cm³/mol. The molecule has 1 amide bonds. The normalized spacial score (nSPS) is 11.7. The lowest BCUT2D eigenvalue weighted by Gasteiger charge is -2.12. The minimum atomic E-state index is -0.513. The first-order valence-corrected chi connectivity index (χ1v) is 11.4. The number of pyridine rings is 1. The first kappa shape index (κ1) is 24.1. The smallest absolute Gasteiger partial charge is 0.314 e. The van der Waals surface area contributed by atoms with Crippen LogP contribution in [0, 0.1) is 6.92 Å². The van der Waals surface area contributed by atoms with Crippen molar-refractivity contribution in [1.82, 2.24) is 15.2 Å². The summed E-state index contributed by atoms with van der Waals surface area (Å²) in [5, 5.41) is 10.7. The molecule has 0 saturated carbocycles. The van der Waals surface area contributed by atoms with Crippen LogP contribution in [0.1, 0.15) is 47.0 Å². The van der Waals surface area contributed by atoms with Crippen LogP contribution < -0.4 is 10.1 Å². The zero-order valence-electron chi connectivity index (χ0n) is 20.0. The van der Waals surface area contributed by atoms with Gasteiger partial charge in [-0.1, -0.05) is 36.4 Å². The molecule has 8 heteroatoms. The van der Waals surface area contributed by atoms with E-state index in [-0.39, 0.29) is 11.8 Å². The Morgan fingerprint density at radius 1 is 1.06 bits per heavy atom. The van der Waals surface area contributed by atoms with Gasteiger partial charge in [0.25, 0.3) is 0 Å². The maximum absolute atomic E-state index is 12.7. The molecular weight excluding hydrogens is 444 g/mol. The van der Waals surface area contributed by atoms with Crippen LogP contribution >= 0.6 is 0 Å². The Balaban J connectivity index is 1.46. The second-order valence-electron chi connectivity index (χ2n) is 8.13. The summed E-state index contributed by atoms with van der Waals surface area (Å²) in [6, 6.07) is 19.4. The van der Waals surface area contributed by atoms with Crippen molar-refractivity contribution in [3.05, 3.63) is 89.8 Å². The molecule has 0 bridgehead atoms. The van der Waals surface area contributed by atoms with Gasteiger partial charge in [0.15, 0.2) is 0 Å². The number of carbonyl (C=O) groups excluding carboxylic acids is 1. The molecule has 8 nitrogen and oxygen atoms in total. The Labute approximate surface area is 204 Å². The topological polar surface area (TPSA) is 99.4 Å². The summed E-state index contributed by atoms with van der Waals surface area (Å²) in [7, 11) is 1.67. The Kier molecular flexibility index (Phi) is 7.84. The molecule has 0 aliphatic heterocycles. The molecule has 2 aromatic heterocycles. The van der Waals surface area contributed by atoms with Crippen molar-refractivity contribution in [3.63, 3.8) is 0 Å². The minimum absolute atomic E-state index is 0.113. The van der Waals surface area contributed by atoms with Gasteiger partial charge in [0.1, 0.15) is 11.6 Å². The summed E-state index contributed by atoms with van der Waals surface area (Å²) in [4.78, 5) is 17.0. The number of anilines is 1. The van der Waals surface area contributed by atoms with Gasteiger partial charge < -0.3 is 19.2 Å². The zero-order valence-corrected chi connectivity index (χ0v) is 20.0. The quantitative estimate of drug-likeness (QED) is 0.314. The molecule has 0 aliphatic carbocycles. The third-order valence-corrected chi connectivity index (χ3v) is 5.59. The Bertz CT molecular complexity index is 1270. The number of hydrogen-bond acceptors (Lipinski definition) is 7. The van der Waals surface area contributed by atoms with E-state index < -0.39 is 5.91 Å². The van der Waals surface area contributed by atoms with E-state index in [0.717, 1.165) is 34.4 Å². The molecule has 0 aliphatic rings. The lowest BCUT2D eigenvalue weighted by molar-refractivity contribution is 0.0988. The van der Waals surface area contributed by atoms with E-state index in [1.165, 1.54) is 0 Å². The average molecular weight is 473 g/mol. The molecule has 4 aromatic rings. The Morgan fingerprint density at radius 3 is 2.69 bits per heavy atom. The fourth-order valence-corrected chi connectivity index (χ4v) is 3.62. The van der Waals surface area contributed by atoms with Crippen molar-refractivity contribution >= 4 is 11.7 Å². The zero-order chi connectivity index (χ0) is 24.6. The number of methoxy groups -OCH3 is 1. The highest BCUT2D eigenvalue weighted by atomic mass is 16.5. The third-order valence-electron chi connectivity index (χ3n) is 5.59. The van der Waals surface area contributed by atoms with E-state index >= 15 is 0 Å². The number of aryl methyl sites for hydroxylation is 1. The molecule has 1 unspecified atom stereocenters. The number of amides is 1. The van der Waals surface area contributed by atoms with Crippen LogP contribution in [-0.2, 0) is 4.74 Å². The maximum Gasteiger partial charge on any atom is 0.314 e. The molecule has 35 heavy (non-hydrogen) atoms. The molecule has 180 valence electrons. The summed E-state index contributed by atoms with van der Waals surface area (Å²) in [6.07, 6.45) is 2.46. The fraction of sp³-hybridized carbons (Fsp3) is 0.259. The average Bonchev–Trinajstić information content (AvgIpc) is 3.38. The Hall–Kier alpha value is -4.04. The van der Waals surface area contributed by atoms with E-state index in [1.807, 2.05) is 68.4 Å². The third kappa shape index (κ3) is 6.10. The molecule has 2 aromatic carbocycles. The van der Waals surface area contributed by atoms with Crippen LogP contribution in [0.5, 0.6) is 5.75 Å². The van der Waals surface area contributed by atoms with E-state index in [0.29, 0.717) is 24.9 Å². The highest BCUT2D eigenvalue weighted by Crippen LogP contribution is 2.29. The predicted octanol–water partition coefficient (Wildman–Crippen LogP) is 5.26. The lowest BCUT2D eigenvalue weighted by Crippen LogP contribution is -2.13. The number of rotatable bonds is 10. The van der Waals surface area contributed by atoms with Crippen LogP contribution in [0.4, 0.5) is 5.82 Å². The number of nitrogens with one attached hydrogen (secondary N) is 1. The molecule has 1 atom stereocenters. The lowest BCUT2D eigenvalue weighted by atomic mass is 10.0. The SMILES string of the molecule is COCCCOc1ccc(C)c(-c2ccnc(NC(=O)c3nnc(C(C)c4ccccc4)o3)c2)c1. The van der Waals surface area contributed by atoms with Crippen molar-refractivity contribution < 1.29 is 18.7 Å². The minimum Gasteiger partial charge on any atom is -0.493 e. The summed E-state index contributed by atoms with van der Waals surface area (Å²) in [6.45, 7) is 5.20. The first-order valence-electron chi connectivity index (χ1n) is 11.4. The second-order valence-corrected chi connectivity index (χ2v) is 8.13. The van der Waals surface area contributed by atoms with Crippen molar-refractivity contribution in [1.29, 1.82) is 0 Å². The van der Waals surface area contributed by atoms with Gasteiger partial charge in [-0.05, 0) is 60.4 Å². The van der Waals surface area contributed by atoms with Crippen LogP contribution in [0.25, 0.3) is 11.1 Å². The molecular formula is C27H28N4O4. The van der Waals surface area contributed by atoms with Crippen LogP contribution in [0.3, 0.4) is 0 Å². The van der Waals surface area contributed by atoms with Crippen LogP contribution in [0.2, 0.25) is 0 Å². The van der Waals surface area contributed by atoms with Gasteiger partial charge in [-0.15, -0.1) is 10.2 Å². The molecule has 0 spiro atoms. The Morgan fingerprint density at radius 2 is 1.89 bits per heavy atom. The molecule has 4 rings (SSSR count). The van der Waals surface area contributed by atoms with Gasteiger partial charge >= 0.3 is 11.8 Å². The van der Waals surface area contributed by atoms with Crippen molar-refractivity contribution in [3.8, 4) is 16.9 Å². The summed E-state index contributed by atoms with van der Waals surface area (Å²) < 4.78 is 16.6. The van der Waals surface area contributed by atoms with Gasteiger partial charge in [0.05, 0.1) is 12.5 Å². The number of carbonyl (C=O) groups is 1. The molecule has 2 heterocycles. The van der Waals surface area contributed by atoms with E-state index in [4.69, 9.17) is 13.9 Å². The summed E-state index contributed by atoms with van der Waals surface area (Å²) in [5.74, 6) is 0.780. The monoisotopic (exact) mass is 472 g/mol. The number of ether oxygens (including phenoxy) is 2. The van der Waals surface area contributed by atoms with Crippen molar-refractivity contribution in [2.75, 3.05) is 25.6 Å². The highest BCUT2D eigenvalue weighted by molar-refractivity contribution is 6.00. The second kappa shape index (κ2) is 11.4. The van der Waals surface area contributed by atoms with Gasteiger partial charge in [0, 0.05) is 26.3 Å². The van der Waals surface area contributed by atoms with Crippen molar-refractivity contribution in [2.24, 2.45) is 0 Å². The molecule has 1 N–H and O–H groups in total. The fourth-order valence-electron chi connectivity index (χ4n) is 3.62. The standard InChI is InChI=1S/C27H28N4O4/c1-18-10-11-22(34-15-7-14-33-3)17-23(18)21-12-13-28-24(16-21)29-25(32)27-31-30-26(35-27)19(2)20-8-5-4-6-9-20/h4-6,8-13,16-17,19H,7,14-15H2,1-3H3,(H,28,29,32). The number of aromatic nitrogens is 3. The van der Waals surface area contributed by atoms with E-state index in [2.05, 4.69) is 20.5 Å². The highest BCUT2D eigenvalue weighted by Gasteiger charge is 2.20. The van der Waals surface area contributed by atoms with E-state index in [9.17, 15) is 4.79 Å². The number of benzene rings is 2. The van der Waals surface area contributed by atoms with Gasteiger partial charge in [0.2, 0.25) is 5.89 Å². The molecule has 0 fully saturated rings. The first-order chi connectivity index (χ1) is 17.0. The number of nitrogens with zero attached hydrogens (tertiary/aromatic N) is 3. The van der Waals surface area contributed by atoms with Gasteiger partial charge in [-0.3, -0.25) is 4.79 Å². The molecule has 0 saturated heterocycles. The van der Waals surface area contributed by atoms with Gasteiger partial charge in [-0.2, -0.15) is 0 Å². The summed E-state index contributed by atoms with van der Waals surface area (Å²) in [5.41, 5.74) is 4.00. The van der Waals surface area contributed by atoms with Gasteiger partial charge in [-0.25, -0.2) is 4.98 Å².